The first-order valence-corrected chi connectivity index (χ1v) is 7.69. The highest BCUT2D eigenvalue weighted by Crippen LogP contribution is 2.20. The fraction of sp³-hybridized carbons (Fsp3) is 0.286. The third-order valence-corrected chi connectivity index (χ3v) is 4.82. The molecule has 0 spiro atoms. The highest BCUT2D eigenvalue weighted by Gasteiger charge is 2.13. The number of hydrogen-bond acceptors (Lipinski definition) is 3. The summed E-state index contributed by atoms with van der Waals surface area (Å²) < 4.78 is 0.952. The van der Waals surface area contributed by atoms with E-state index >= 15 is 0 Å². The lowest BCUT2D eigenvalue weighted by molar-refractivity contribution is 0.0951. The van der Waals surface area contributed by atoms with Crippen LogP contribution in [0, 0.1) is 6.92 Å². The second-order valence-electron chi connectivity index (χ2n) is 4.39. The van der Waals surface area contributed by atoms with E-state index in [0.29, 0.717) is 12.1 Å². The van der Waals surface area contributed by atoms with Gasteiger partial charge in [-0.3, -0.25) is 4.79 Å². The van der Waals surface area contributed by atoms with E-state index in [9.17, 15) is 4.79 Å². The van der Waals surface area contributed by atoms with Gasteiger partial charge in [-0.05, 0) is 24.6 Å². The zero-order valence-electron chi connectivity index (χ0n) is 10.8. The van der Waals surface area contributed by atoms with E-state index in [2.05, 4.69) is 33.2 Å². The van der Waals surface area contributed by atoms with Crippen LogP contribution in [0.4, 0.5) is 0 Å². The van der Waals surface area contributed by atoms with Crippen molar-refractivity contribution in [1.29, 1.82) is 0 Å². The predicted molar refractivity (Wildman–Crippen MR) is 81.7 cm³/mol. The van der Waals surface area contributed by atoms with Crippen LogP contribution in [0.1, 0.15) is 33.8 Å². The van der Waals surface area contributed by atoms with Crippen molar-refractivity contribution in [3.63, 3.8) is 0 Å². The molecule has 1 aromatic heterocycles. The second kappa shape index (κ2) is 6.30. The fourth-order valence-corrected chi connectivity index (χ4v) is 2.82. The van der Waals surface area contributed by atoms with Gasteiger partial charge in [0.25, 0.3) is 5.91 Å². The molecule has 19 heavy (non-hydrogen) atoms. The van der Waals surface area contributed by atoms with Crippen molar-refractivity contribution < 1.29 is 4.79 Å². The maximum Gasteiger partial charge on any atom is 0.251 e. The number of carbonyl (C=O) groups is 1. The van der Waals surface area contributed by atoms with Crippen molar-refractivity contribution in [3.05, 3.63) is 50.4 Å². The lowest BCUT2D eigenvalue weighted by Crippen LogP contribution is -2.28. The Labute approximate surface area is 125 Å². The highest BCUT2D eigenvalue weighted by molar-refractivity contribution is 9.10. The minimum atomic E-state index is -0.0396. The molecule has 0 saturated carbocycles. The summed E-state index contributed by atoms with van der Waals surface area (Å²) in [6, 6.07) is 5.64. The van der Waals surface area contributed by atoms with Gasteiger partial charge in [0.1, 0.15) is 0 Å². The number of hydrogen-bond donors (Lipinski definition) is 1. The fourth-order valence-electron chi connectivity index (χ4n) is 1.76. The van der Waals surface area contributed by atoms with Crippen LogP contribution in [0.15, 0.2) is 34.2 Å². The van der Waals surface area contributed by atoms with Crippen molar-refractivity contribution in [2.75, 3.05) is 6.54 Å². The average molecular weight is 339 g/mol. The first-order valence-electron chi connectivity index (χ1n) is 6.02. The first-order chi connectivity index (χ1) is 9.09. The number of nitrogens with zero attached hydrogens (tertiary/aromatic N) is 1. The predicted octanol–water partition coefficient (Wildman–Crippen LogP) is 3.75. The topological polar surface area (TPSA) is 42.0 Å². The van der Waals surface area contributed by atoms with Crippen LogP contribution < -0.4 is 5.32 Å². The Morgan fingerprint density at radius 3 is 3.00 bits per heavy atom. The number of aromatic nitrogens is 1. The summed E-state index contributed by atoms with van der Waals surface area (Å²) in [5.74, 6) is 0.193. The third kappa shape index (κ3) is 3.42. The van der Waals surface area contributed by atoms with E-state index in [1.165, 1.54) is 0 Å². The Balaban J connectivity index is 2.00. The summed E-state index contributed by atoms with van der Waals surface area (Å²) in [7, 11) is 0. The van der Waals surface area contributed by atoms with Crippen LogP contribution in [0.5, 0.6) is 0 Å². The molecule has 0 radical (unpaired) electrons. The van der Waals surface area contributed by atoms with E-state index in [0.717, 1.165) is 15.0 Å². The zero-order chi connectivity index (χ0) is 13.8. The Morgan fingerprint density at radius 1 is 1.53 bits per heavy atom. The molecular weight excluding hydrogens is 324 g/mol. The van der Waals surface area contributed by atoms with Crippen molar-refractivity contribution >= 4 is 33.2 Å². The minimum absolute atomic E-state index is 0.0396. The molecule has 2 rings (SSSR count). The molecule has 1 amide bonds. The van der Waals surface area contributed by atoms with Crippen molar-refractivity contribution in [3.8, 4) is 0 Å². The van der Waals surface area contributed by atoms with E-state index in [1.54, 1.807) is 17.5 Å². The van der Waals surface area contributed by atoms with Crippen molar-refractivity contribution in [1.82, 2.24) is 10.3 Å². The van der Waals surface area contributed by atoms with E-state index in [1.807, 2.05) is 30.5 Å². The molecule has 1 aromatic carbocycles. The van der Waals surface area contributed by atoms with E-state index < -0.39 is 0 Å². The van der Waals surface area contributed by atoms with Gasteiger partial charge >= 0.3 is 0 Å². The number of amides is 1. The quantitative estimate of drug-likeness (QED) is 0.922. The van der Waals surface area contributed by atoms with Gasteiger partial charge in [-0.25, -0.2) is 4.98 Å². The van der Waals surface area contributed by atoms with Crippen LogP contribution in [0.3, 0.4) is 0 Å². The molecule has 0 saturated heterocycles. The van der Waals surface area contributed by atoms with Crippen molar-refractivity contribution in [2.45, 2.75) is 19.8 Å². The molecule has 1 unspecified atom stereocenters. The van der Waals surface area contributed by atoms with Gasteiger partial charge in [-0.15, -0.1) is 11.3 Å². The summed E-state index contributed by atoms with van der Waals surface area (Å²) in [6.45, 7) is 4.59. The maximum absolute atomic E-state index is 12.1. The Hall–Kier alpha value is -1.20. The van der Waals surface area contributed by atoms with Crippen LogP contribution >= 0.6 is 27.3 Å². The smallest absolute Gasteiger partial charge is 0.251 e. The maximum atomic E-state index is 12.1. The molecule has 0 fully saturated rings. The minimum Gasteiger partial charge on any atom is -0.351 e. The molecular formula is C14H15BrN2OS. The number of halogens is 1. The van der Waals surface area contributed by atoms with Crippen LogP contribution in [0.2, 0.25) is 0 Å². The normalized spacial score (nSPS) is 12.2. The highest BCUT2D eigenvalue weighted by atomic mass is 79.9. The molecule has 0 bridgehead atoms. The van der Waals surface area contributed by atoms with Crippen LogP contribution in [0.25, 0.3) is 0 Å². The average Bonchev–Trinajstić information content (AvgIpc) is 2.93. The van der Waals surface area contributed by atoms with Crippen molar-refractivity contribution in [2.24, 2.45) is 0 Å². The Morgan fingerprint density at radius 2 is 2.32 bits per heavy atom. The third-order valence-electron chi connectivity index (χ3n) is 2.95. The molecule has 3 nitrogen and oxygen atoms in total. The number of carbonyl (C=O) groups excluding carboxylic acids is 1. The number of benzene rings is 1. The SMILES string of the molecule is Cc1c(Br)cccc1C(=O)NCC(C)c1nccs1. The van der Waals surface area contributed by atoms with Gasteiger partial charge in [0.2, 0.25) is 0 Å². The van der Waals surface area contributed by atoms with E-state index in [-0.39, 0.29) is 11.8 Å². The second-order valence-corrected chi connectivity index (χ2v) is 6.17. The molecule has 100 valence electrons. The number of thiazole rings is 1. The summed E-state index contributed by atoms with van der Waals surface area (Å²) in [5, 5.41) is 5.96. The molecule has 1 N–H and O–H groups in total. The molecule has 2 aromatic rings. The van der Waals surface area contributed by atoms with Gasteiger partial charge in [-0.2, -0.15) is 0 Å². The van der Waals surface area contributed by atoms with E-state index in [4.69, 9.17) is 0 Å². The number of rotatable bonds is 4. The molecule has 5 heteroatoms. The number of nitrogens with one attached hydrogen (secondary N) is 1. The van der Waals surface area contributed by atoms with Gasteiger partial charge in [0.15, 0.2) is 0 Å². The Bertz CT molecular complexity index is 569. The summed E-state index contributed by atoms with van der Waals surface area (Å²) in [4.78, 5) is 16.4. The van der Waals surface area contributed by atoms with Gasteiger partial charge in [0.05, 0.1) is 5.01 Å². The summed E-state index contributed by atoms with van der Waals surface area (Å²) in [5.41, 5.74) is 1.67. The Kier molecular flexibility index (Phi) is 4.71. The lowest BCUT2D eigenvalue weighted by atomic mass is 10.1. The lowest BCUT2D eigenvalue weighted by Gasteiger charge is -2.12. The standard InChI is InChI=1S/C14H15BrN2OS/c1-9(14-16-6-7-19-14)8-17-13(18)11-4-3-5-12(15)10(11)2/h3-7,9H,8H2,1-2H3,(H,17,18). The zero-order valence-corrected chi connectivity index (χ0v) is 13.2. The van der Waals surface area contributed by atoms with Gasteiger partial charge in [-0.1, -0.05) is 28.9 Å². The molecule has 1 atom stereocenters. The van der Waals surface area contributed by atoms with Crippen LogP contribution in [-0.2, 0) is 0 Å². The molecule has 1 heterocycles. The van der Waals surface area contributed by atoms with Gasteiger partial charge < -0.3 is 5.32 Å². The molecule has 0 aliphatic heterocycles. The summed E-state index contributed by atoms with van der Waals surface area (Å²) in [6.07, 6.45) is 1.79. The largest absolute Gasteiger partial charge is 0.351 e. The monoisotopic (exact) mass is 338 g/mol. The van der Waals surface area contributed by atoms with Gasteiger partial charge in [0, 0.05) is 34.1 Å². The molecule has 0 aliphatic rings. The summed E-state index contributed by atoms with van der Waals surface area (Å²) >= 11 is 5.05. The first kappa shape index (κ1) is 14.2. The van der Waals surface area contributed by atoms with Crippen LogP contribution in [-0.4, -0.2) is 17.4 Å². The molecule has 0 aliphatic carbocycles.